The number of hydrogen-bond donors (Lipinski definition) is 0. The first-order chi connectivity index (χ1) is 9.65. The van der Waals surface area contributed by atoms with Crippen LogP contribution in [0.25, 0.3) is 11.3 Å². The van der Waals surface area contributed by atoms with Gasteiger partial charge in [0.05, 0.1) is 12.3 Å². The van der Waals surface area contributed by atoms with Crippen molar-refractivity contribution in [2.45, 2.75) is 13.3 Å². The molecule has 0 aliphatic heterocycles. The molecule has 0 unspecified atom stereocenters. The van der Waals surface area contributed by atoms with E-state index in [1.165, 1.54) is 23.5 Å². The van der Waals surface area contributed by atoms with E-state index in [0.717, 1.165) is 10.4 Å². The second-order valence-electron chi connectivity index (χ2n) is 3.96. The van der Waals surface area contributed by atoms with Crippen LogP contribution in [0.5, 0.6) is 0 Å². The fraction of sp³-hybridized carbons (Fsp3) is 0.286. The zero-order valence-electron chi connectivity index (χ0n) is 10.9. The summed E-state index contributed by atoms with van der Waals surface area (Å²) in [7, 11) is 0. The summed E-state index contributed by atoms with van der Waals surface area (Å²) in [5.74, 6) is -0.325. The van der Waals surface area contributed by atoms with Gasteiger partial charge in [0, 0.05) is 16.3 Å². The van der Waals surface area contributed by atoms with Crippen molar-refractivity contribution in [3.63, 3.8) is 0 Å². The van der Waals surface area contributed by atoms with Crippen molar-refractivity contribution in [2.24, 2.45) is 0 Å². The quantitative estimate of drug-likeness (QED) is 0.620. The summed E-state index contributed by atoms with van der Waals surface area (Å²) in [4.78, 5) is 16.9. The standard InChI is InChI=1S/C14H13ClFNO2S/c1-2-19-14(18)13-17-12(11(20-13)7-8-15)9-3-5-10(16)6-4-9/h3-6H,2,7-8H2,1H3. The van der Waals surface area contributed by atoms with Crippen molar-refractivity contribution in [3.05, 3.63) is 40.0 Å². The number of hydrogen-bond acceptors (Lipinski definition) is 4. The normalized spacial score (nSPS) is 10.6. The smallest absolute Gasteiger partial charge is 0.367 e. The van der Waals surface area contributed by atoms with E-state index >= 15 is 0 Å². The number of carbonyl (C=O) groups excluding carboxylic acids is 1. The summed E-state index contributed by atoms with van der Waals surface area (Å²) in [6.45, 7) is 2.04. The van der Waals surface area contributed by atoms with E-state index in [4.69, 9.17) is 16.3 Å². The highest BCUT2D eigenvalue weighted by Crippen LogP contribution is 2.29. The Bertz CT molecular complexity index is 598. The van der Waals surface area contributed by atoms with Crippen LogP contribution < -0.4 is 0 Å². The Kier molecular flexibility index (Phi) is 5.09. The van der Waals surface area contributed by atoms with Crippen LogP contribution in [0.15, 0.2) is 24.3 Å². The molecule has 2 aromatic rings. The maximum Gasteiger partial charge on any atom is 0.367 e. The molecule has 3 nitrogen and oxygen atoms in total. The predicted molar refractivity (Wildman–Crippen MR) is 77.9 cm³/mol. The number of benzene rings is 1. The van der Waals surface area contributed by atoms with Crippen LogP contribution in [-0.4, -0.2) is 23.4 Å². The summed E-state index contributed by atoms with van der Waals surface area (Å²) in [6.07, 6.45) is 0.603. The van der Waals surface area contributed by atoms with Crippen LogP contribution >= 0.6 is 22.9 Å². The number of halogens is 2. The van der Waals surface area contributed by atoms with Gasteiger partial charge in [-0.15, -0.1) is 22.9 Å². The van der Waals surface area contributed by atoms with Crippen LogP contribution in [0, 0.1) is 5.82 Å². The summed E-state index contributed by atoms with van der Waals surface area (Å²) in [6, 6.07) is 6.00. The van der Waals surface area contributed by atoms with Gasteiger partial charge in [0.25, 0.3) is 0 Å². The molecule has 0 radical (unpaired) electrons. The molecule has 1 heterocycles. The summed E-state index contributed by atoms with van der Waals surface area (Å²) < 4.78 is 17.9. The summed E-state index contributed by atoms with van der Waals surface area (Å²) in [5.41, 5.74) is 1.43. The lowest BCUT2D eigenvalue weighted by atomic mass is 10.1. The number of rotatable bonds is 5. The maximum atomic E-state index is 13.0. The number of aryl methyl sites for hydroxylation is 1. The largest absolute Gasteiger partial charge is 0.461 e. The highest BCUT2D eigenvalue weighted by Gasteiger charge is 2.18. The third-order valence-electron chi connectivity index (χ3n) is 2.59. The number of alkyl halides is 1. The zero-order valence-corrected chi connectivity index (χ0v) is 12.4. The first kappa shape index (κ1) is 14.9. The summed E-state index contributed by atoms with van der Waals surface area (Å²) >= 11 is 7.04. The van der Waals surface area contributed by atoms with Gasteiger partial charge < -0.3 is 4.74 Å². The average Bonchev–Trinajstić information content (AvgIpc) is 2.84. The lowest BCUT2D eigenvalue weighted by molar-refractivity contribution is 0.0526. The molecule has 0 N–H and O–H groups in total. The number of thiazole rings is 1. The molecule has 0 amide bonds. The van der Waals surface area contributed by atoms with Crippen molar-refractivity contribution in [1.82, 2.24) is 4.98 Å². The third-order valence-corrected chi connectivity index (χ3v) is 3.87. The van der Waals surface area contributed by atoms with E-state index in [2.05, 4.69) is 4.98 Å². The van der Waals surface area contributed by atoms with Gasteiger partial charge in [0.15, 0.2) is 0 Å². The molecule has 1 aromatic heterocycles. The second-order valence-corrected chi connectivity index (χ2v) is 5.42. The monoisotopic (exact) mass is 313 g/mol. The minimum Gasteiger partial charge on any atom is -0.461 e. The van der Waals surface area contributed by atoms with Crippen LogP contribution in [0.4, 0.5) is 4.39 Å². The molecule has 0 fully saturated rings. The molecule has 0 saturated carbocycles. The van der Waals surface area contributed by atoms with Crippen molar-refractivity contribution < 1.29 is 13.9 Å². The molecular formula is C14H13ClFNO2S. The molecule has 20 heavy (non-hydrogen) atoms. The van der Waals surface area contributed by atoms with Gasteiger partial charge in [-0.3, -0.25) is 0 Å². The Morgan fingerprint density at radius 1 is 1.40 bits per heavy atom. The molecule has 1 aromatic carbocycles. The molecule has 6 heteroatoms. The van der Waals surface area contributed by atoms with Gasteiger partial charge in [0.2, 0.25) is 5.01 Å². The van der Waals surface area contributed by atoms with Crippen LogP contribution in [0.3, 0.4) is 0 Å². The molecule has 0 atom stereocenters. The van der Waals surface area contributed by atoms with Gasteiger partial charge in [-0.2, -0.15) is 0 Å². The van der Waals surface area contributed by atoms with E-state index in [1.54, 1.807) is 19.1 Å². The van der Waals surface area contributed by atoms with Gasteiger partial charge in [-0.25, -0.2) is 14.2 Å². The fourth-order valence-corrected chi connectivity index (χ4v) is 3.00. The molecule has 0 saturated heterocycles. The number of nitrogens with zero attached hydrogens (tertiary/aromatic N) is 1. The third kappa shape index (κ3) is 3.35. The van der Waals surface area contributed by atoms with E-state index in [1.807, 2.05) is 0 Å². The van der Waals surface area contributed by atoms with Crippen molar-refractivity contribution in [3.8, 4) is 11.3 Å². The summed E-state index contributed by atoms with van der Waals surface area (Å²) in [5, 5.41) is 0.297. The zero-order chi connectivity index (χ0) is 14.5. The highest BCUT2D eigenvalue weighted by molar-refractivity contribution is 7.14. The van der Waals surface area contributed by atoms with Crippen molar-refractivity contribution >= 4 is 28.9 Å². The van der Waals surface area contributed by atoms with E-state index in [0.29, 0.717) is 29.6 Å². The predicted octanol–water partition coefficient (Wildman–Crippen LogP) is 3.91. The van der Waals surface area contributed by atoms with Gasteiger partial charge >= 0.3 is 5.97 Å². The molecule has 0 bridgehead atoms. The number of esters is 1. The van der Waals surface area contributed by atoms with Crippen molar-refractivity contribution in [1.29, 1.82) is 0 Å². The van der Waals surface area contributed by atoms with Crippen LogP contribution in [-0.2, 0) is 11.2 Å². The number of ether oxygens (including phenoxy) is 1. The van der Waals surface area contributed by atoms with Crippen molar-refractivity contribution in [2.75, 3.05) is 12.5 Å². The Morgan fingerprint density at radius 2 is 2.10 bits per heavy atom. The minimum atomic E-state index is -0.443. The van der Waals surface area contributed by atoms with Crippen LogP contribution in [0.1, 0.15) is 21.6 Å². The number of carbonyl (C=O) groups is 1. The molecule has 0 spiro atoms. The SMILES string of the molecule is CCOC(=O)c1nc(-c2ccc(F)cc2)c(CCCl)s1. The second kappa shape index (κ2) is 6.81. The minimum absolute atomic E-state index is 0.297. The first-order valence-electron chi connectivity index (χ1n) is 6.14. The van der Waals surface area contributed by atoms with Gasteiger partial charge in [-0.1, -0.05) is 0 Å². The Balaban J connectivity index is 2.39. The molecule has 2 rings (SSSR count). The Hall–Kier alpha value is -1.46. The first-order valence-corrected chi connectivity index (χ1v) is 7.49. The average molecular weight is 314 g/mol. The topological polar surface area (TPSA) is 39.2 Å². The lowest BCUT2D eigenvalue weighted by Crippen LogP contribution is -2.03. The van der Waals surface area contributed by atoms with Gasteiger partial charge in [0.1, 0.15) is 5.82 Å². The van der Waals surface area contributed by atoms with E-state index in [9.17, 15) is 9.18 Å². The van der Waals surface area contributed by atoms with Crippen LogP contribution in [0.2, 0.25) is 0 Å². The Morgan fingerprint density at radius 3 is 2.70 bits per heavy atom. The fourth-order valence-electron chi connectivity index (χ4n) is 1.72. The molecule has 0 aliphatic rings. The maximum absolute atomic E-state index is 13.0. The highest BCUT2D eigenvalue weighted by atomic mass is 35.5. The van der Waals surface area contributed by atoms with E-state index < -0.39 is 5.97 Å². The lowest BCUT2D eigenvalue weighted by Gasteiger charge is -2.00. The Labute approximate surface area is 125 Å². The number of aromatic nitrogens is 1. The molecule has 0 aliphatic carbocycles. The molecule has 106 valence electrons. The van der Waals surface area contributed by atoms with Gasteiger partial charge in [-0.05, 0) is 37.6 Å². The van der Waals surface area contributed by atoms with E-state index in [-0.39, 0.29) is 5.82 Å². The molecular weight excluding hydrogens is 301 g/mol.